The van der Waals surface area contributed by atoms with Gasteiger partial charge in [0.15, 0.2) is 0 Å². The van der Waals surface area contributed by atoms with E-state index in [1.165, 1.54) is 32.3 Å². The molecule has 0 aliphatic carbocycles. The summed E-state index contributed by atoms with van der Waals surface area (Å²) < 4.78 is 43.9. The van der Waals surface area contributed by atoms with Gasteiger partial charge in [0, 0.05) is 20.0 Å². The maximum Gasteiger partial charge on any atom is 0.254 e. The highest BCUT2D eigenvalue weighted by Crippen LogP contribution is 2.18. The van der Waals surface area contributed by atoms with Crippen LogP contribution in [-0.2, 0) is 14.8 Å². The summed E-state index contributed by atoms with van der Waals surface area (Å²) in [5.41, 5.74) is -0.0661. The summed E-state index contributed by atoms with van der Waals surface area (Å²) in [4.78, 5) is 12.1. The molecule has 0 radical (unpaired) electrons. The Morgan fingerprint density at radius 1 is 1.36 bits per heavy atom. The zero-order valence-corrected chi connectivity index (χ0v) is 13.3. The fraction of sp³-hybridized carbons (Fsp3) is 0.500. The van der Waals surface area contributed by atoms with Gasteiger partial charge >= 0.3 is 0 Å². The zero-order valence-electron chi connectivity index (χ0n) is 12.5. The van der Waals surface area contributed by atoms with Crippen LogP contribution in [-0.4, -0.2) is 57.7 Å². The molecule has 1 aromatic carbocycles. The average Bonchev–Trinajstić information content (AvgIpc) is 2.85. The Bertz CT molecular complexity index is 648. The number of nitrogens with one attached hydrogen (secondary N) is 1. The van der Waals surface area contributed by atoms with E-state index in [0.29, 0.717) is 0 Å². The van der Waals surface area contributed by atoms with Gasteiger partial charge in [-0.15, -0.1) is 0 Å². The van der Waals surface area contributed by atoms with Gasteiger partial charge in [0.25, 0.3) is 5.91 Å². The third kappa shape index (κ3) is 3.82. The summed E-state index contributed by atoms with van der Waals surface area (Å²) in [5, 5.41) is 2.66. The Morgan fingerprint density at radius 2 is 2.05 bits per heavy atom. The zero-order chi connectivity index (χ0) is 16.3. The third-order valence-corrected chi connectivity index (χ3v) is 5.58. The van der Waals surface area contributed by atoms with E-state index in [1.807, 2.05) is 0 Å². The monoisotopic (exact) mass is 330 g/mol. The number of carbonyl (C=O) groups excluding carboxylic acids is 1. The number of nitrogens with zero attached hydrogens (tertiary/aromatic N) is 1. The van der Waals surface area contributed by atoms with Crippen LogP contribution in [0.3, 0.4) is 0 Å². The second kappa shape index (κ2) is 6.72. The van der Waals surface area contributed by atoms with Crippen molar-refractivity contribution in [2.24, 2.45) is 5.92 Å². The minimum absolute atomic E-state index is 0.0661. The van der Waals surface area contributed by atoms with Gasteiger partial charge in [0.1, 0.15) is 5.82 Å². The summed E-state index contributed by atoms with van der Waals surface area (Å²) in [6.07, 6.45) is 0. The molecule has 8 heteroatoms. The molecule has 1 saturated heterocycles. The molecular weight excluding hydrogens is 311 g/mol. The minimum atomic E-state index is -3.40. The van der Waals surface area contributed by atoms with Gasteiger partial charge in [0.05, 0.1) is 30.6 Å². The molecule has 1 aliphatic rings. The summed E-state index contributed by atoms with van der Waals surface area (Å²) in [7, 11) is -0.482. The second-order valence-electron chi connectivity index (χ2n) is 5.42. The molecule has 1 fully saturated rings. The van der Waals surface area contributed by atoms with Crippen LogP contribution in [0.1, 0.15) is 10.4 Å². The van der Waals surface area contributed by atoms with Crippen molar-refractivity contribution in [3.05, 3.63) is 35.6 Å². The fourth-order valence-corrected chi connectivity index (χ4v) is 3.40. The molecule has 1 aromatic rings. The van der Waals surface area contributed by atoms with Crippen LogP contribution in [0.5, 0.6) is 0 Å². The summed E-state index contributed by atoms with van der Waals surface area (Å²) in [5.74, 6) is -1.66. The molecule has 122 valence electrons. The number of sulfonamides is 1. The van der Waals surface area contributed by atoms with Crippen molar-refractivity contribution in [1.82, 2.24) is 9.62 Å². The van der Waals surface area contributed by atoms with Crippen LogP contribution < -0.4 is 5.32 Å². The highest BCUT2D eigenvalue weighted by atomic mass is 32.2. The lowest BCUT2D eigenvalue weighted by atomic mass is 10.1. The number of amides is 1. The first-order valence-corrected chi connectivity index (χ1v) is 8.45. The molecule has 0 saturated carbocycles. The number of ether oxygens (including phenoxy) is 1. The molecule has 2 rings (SSSR count). The van der Waals surface area contributed by atoms with E-state index in [9.17, 15) is 17.6 Å². The third-order valence-electron chi connectivity index (χ3n) is 3.61. The van der Waals surface area contributed by atoms with Crippen molar-refractivity contribution in [3.63, 3.8) is 0 Å². The normalized spacial score (nSPS) is 22.0. The van der Waals surface area contributed by atoms with E-state index in [-0.39, 0.29) is 30.4 Å². The van der Waals surface area contributed by atoms with Gasteiger partial charge in [-0.1, -0.05) is 12.1 Å². The highest BCUT2D eigenvalue weighted by molar-refractivity contribution is 7.89. The SMILES string of the molecule is CN(C)S(=O)(=O)CC1COCC1NC(=O)c1ccccc1F. The first-order valence-electron chi connectivity index (χ1n) is 6.84. The molecule has 1 aliphatic heterocycles. The van der Waals surface area contributed by atoms with E-state index >= 15 is 0 Å². The number of hydrogen-bond acceptors (Lipinski definition) is 4. The number of carbonyl (C=O) groups is 1. The van der Waals surface area contributed by atoms with E-state index in [0.717, 1.165) is 4.31 Å². The molecule has 6 nitrogen and oxygen atoms in total. The predicted molar refractivity (Wildman–Crippen MR) is 79.4 cm³/mol. The quantitative estimate of drug-likeness (QED) is 0.851. The number of benzene rings is 1. The van der Waals surface area contributed by atoms with E-state index in [2.05, 4.69) is 5.32 Å². The van der Waals surface area contributed by atoms with Crippen molar-refractivity contribution in [1.29, 1.82) is 0 Å². The van der Waals surface area contributed by atoms with Crippen LogP contribution in [0.15, 0.2) is 24.3 Å². The molecule has 1 amide bonds. The molecule has 2 unspecified atom stereocenters. The smallest absolute Gasteiger partial charge is 0.254 e. The van der Waals surface area contributed by atoms with Gasteiger partial charge in [0.2, 0.25) is 10.0 Å². The van der Waals surface area contributed by atoms with Gasteiger partial charge in [-0.3, -0.25) is 4.79 Å². The lowest BCUT2D eigenvalue weighted by Gasteiger charge is -2.21. The maximum absolute atomic E-state index is 13.6. The summed E-state index contributed by atoms with van der Waals surface area (Å²) in [6.45, 7) is 0.461. The minimum Gasteiger partial charge on any atom is -0.379 e. The van der Waals surface area contributed by atoms with Crippen LogP contribution in [0.4, 0.5) is 4.39 Å². The molecule has 0 spiro atoms. The Morgan fingerprint density at radius 3 is 2.68 bits per heavy atom. The van der Waals surface area contributed by atoms with Crippen molar-refractivity contribution in [3.8, 4) is 0 Å². The molecular formula is C14H19FN2O4S. The Balaban J connectivity index is 2.06. The van der Waals surface area contributed by atoms with Crippen molar-refractivity contribution in [2.75, 3.05) is 33.1 Å². The average molecular weight is 330 g/mol. The lowest BCUT2D eigenvalue weighted by Crippen LogP contribution is -2.43. The van der Waals surface area contributed by atoms with Crippen molar-refractivity contribution >= 4 is 15.9 Å². The van der Waals surface area contributed by atoms with Gasteiger partial charge in [-0.05, 0) is 12.1 Å². The maximum atomic E-state index is 13.6. The molecule has 1 N–H and O–H groups in total. The van der Waals surface area contributed by atoms with Crippen LogP contribution >= 0.6 is 0 Å². The molecule has 0 aromatic heterocycles. The lowest BCUT2D eigenvalue weighted by molar-refractivity contribution is 0.0922. The Labute approximate surface area is 129 Å². The topological polar surface area (TPSA) is 75.7 Å². The van der Waals surface area contributed by atoms with Crippen molar-refractivity contribution < 1.29 is 22.3 Å². The number of rotatable bonds is 5. The standard InChI is InChI=1S/C14H19FN2O4S/c1-17(2)22(19,20)9-10-7-21-8-13(10)16-14(18)11-5-3-4-6-12(11)15/h3-6,10,13H,7-9H2,1-2H3,(H,16,18). The molecule has 22 heavy (non-hydrogen) atoms. The summed E-state index contributed by atoms with van der Waals surface area (Å²) >= 11 is 0. The van der Waals surface area contributed by atoms with E-state index < -0.39 is 27.8 Å². The van der Waals surface area contributed by atoms with Crippen LogP contribution in [0, 0.1) is 11.7 Å². The van der Waals surface area contributed by atoms with Crippen LogP contribution in [0.2, 0.25) is 0 Å². The molecule has 0 bridgehead atoms. The van der Waals surface area contributed by atoms with Gasteiger partial charge in [-0.25, -0.2) is 17.1 Å². The molecule has 2 atom stereocenters. The van der Waals surface area contributed by atoms with E-state index in [4.69, 9.17) is 4.74 Å². The Hall–Kier alpha value is -1.51. The predicted octanol–water partition coefficient (Wildman–Crippen LogP) is 0.462. The Kier molecular flexibility index (Phi) is 5.15. The number of halogens is 1. The van der Waals surface area contributed by atoms with E-state index in [1.54, 1.807) is 6.07 Å². The highest BCUT2D eigenvalue weighted by Gasteiger charge is 2.34. The number of hydrogen-bond donors (Lipinski definition) is 1. The van der Waals surface area contributed by atoms with Crippen molar-refractivity contribution in [2.45, 2.75) is 6.04 Å². The first kappa shape index (κ1) is 16.9. The fourth-order valence-electron chi connectivity index (χ4n) is 2.23. The summed E-state index contributed by atoms with van der Waals surface area (Å²) in [6, 6.07) is 5.19. The van der Waals surface area contributed by atoms with Gasteiger partial charge < -0.3 is 10.1 Å². The van der Waals surface area contributed by atoms with Gasteiger partial charge in [-0.2, -0.15) is 0 Å². The first-order chi connectivity index (χ1) is 10.3. The largest absolute Gasteiger partial charge is 0.379 e. The van der Waals surface area contributed by atoms with Crippen LogP contribution in [0.25, 0.3) is 0 Å². The second-order valence-corrected chi connectivity index (χ2v) is 7.65. The molecule has 1 heterocycles.